The second kappa shape index (κ2) is 4.65. The summed E-state index contributed by atoms with van der Waals surface area (Å²) < 4.78 is 13.4. The Kier molecular flexibility index (Phi) is 3.42. The molecule has 0 aliphatic carbocycles. The molecule has 0 radical (unpaired) electrons. The third kappa shape index (κ3) is 2.34. The first-order valence-corrected chi connectivity index (χ1v) is 5.77. The molecule has 0 aliphatic rings. The summed E-state index contributed by atoms with van der Waals surface area (Å²) in [5, 5.41) is 7.74. The summed E-state index contributed by atoms with van der Waals surface area (Å²) in [5.74, 6) is -0.340. The van der Waals surface area contributed by atoms with Gasteiger partial charge in [0.1, 0.15) is 5.82 Å². The highest BCUT2D eigenvalue weighted by Gasteiger charge is 2.08. The molecule has 0 aliphatic heterocycles. The molecule has 0 fully saturated rings. The van der Waals surface area contributed by atoms with E-state index >= 15 is 0 Å². The maximum absolute atomic E-state index is 13.1. The highest BCUT2D eigenvalue weighted by atomic mass is 79.9. The molecule has 2 rings (SSSR count). The number of halogens is 4. The maximum atomic E-state index is 13.1. The zero-order valence-corrected chi connectivity index (χ0v) is 10.8. The number of aromatic nitrogens is 2. The lowest BCUT2D eigenvalue weighted by atomic mass is 10.1. The van der Waals surface area contributed by atoms with Gasteiger partial charge in [-0.25, -0.2) is 4.39 Å². The number of benzene rings is 1. The van der Waals surface area contributed by atoms with Gasteiger partial charge in [0.25, 0.3) is 0 Å². The van der Waals surface area contributed by atoms with Crippen LogP contribution in [0.5, 0.6) is 0 Å². The molecule has 0 spiro atoms. The van der Waals surface area contributed by atoms with Gasteiger partial charge in [-0.2, -0.15) is 0 Å². The number of hydrogen-bond acceptors (Lipinski definition) is 2. The molecular weight excluding hydrogens is 318 g/mol. The maximum Gasteiger partial charge on any atom is 0.159 e. The molecule has 0 N–H and O–H groups in total. The van der Waals surface area contributed by atoms with E-state index in [1.165, 1.54) is 6.07 Å². The molecule has 0 saturated heterocycles. The van der Waals surface area contributed by atoms with Crippen molar-refractivity contribution >= 4 is 39.1 Å². The van der Waals surface area contributed by atoms with Crippen LogP contribution in [0.15, 0.2) is 28.7 Å². The molecule has 0 amide bonds. The van der Waals surface area contributed by atoms with Crippen LogP contribution in [0.1, 0.15) is 0 Å². The topological polar surface area (TPSA) is 25.8 Å². The fraction of sp³-hybridized carbons (Fsp3) is 0. The second-order valence-electron chi connectivity index (χ2n) is 3.00. The second-order valence-corrected chi connectivity index (χ2v) is 4.60. The van der Waals surface area contributed by atoms with Gasteiger partial charge in [-0.1, -0.05) is 29.3 Å². The molecule has 16 heavy (non-hydrogen) atoms. The van der Waals surface area contributed by atoms with E-state index in [0.29, 0.717) is 10.0 Å². The molecule has 1 aromatic carbocycles. The molecule has 0 saturated carbocycles. The summed E-state index contributed by atoms with van der Waals surface area (Å²) in [6, 6.07) is 6.12. The third-order valence-electron chi connectivity index (χ3n) is 1.95. The standard InChI is InChI=1S/C10H4BrCl2FN2/c11-7-3-5(1-2-8(7)14)6-4-9(12)15-16-10(6)13/h1-4H. The van der Waals surface area contributed by atoms with E-state index in [-0.39, 0.29) is 16.1 Å². The minimum Gasteiger partial charge on any atom is -0.206 e. The van der Waals surface area contributed by atoms with Crippen molar-refractivity contribution in [3.05, 3.63) is 44.9 Å². The summed E-state index contributed by atoms with van der Waals surface area (Å²) in [6.45, 7) is 0. The van der Waals surface area contributed by atoms with E-state index in [1.54, 1.807) is 18.2 Å². The lowest BCUT2D eigenvalue weighted by molar-refractivity contribution is 0.621. The Morgan fingerprint density at radius 3 is 2.56 bits per heavy atom. The van der Waals surface area contributed by atoms with Crippen molar-refractivity contribution < 1.29 is 4.39 Å². The first-order valence-electron chi connectivity index (χ1n) is 4.22. The fourth-order valence-corrected chi connectivity index (χ4v) is 1.95. The monoisotopic (exact) mass is 320 g/mol. The largest absolute Gasteiger partial charge is 0.206 e. The number of nitrogens with zero attached hydrogens (tertiary/aromatic N) is 2. The molecule has 1 aromatic heterocycles. The predicted octanol–water partition coefficient (Wildman–Crippen LogP) is 4.35. The van der Waals surface area contributed by atoms with Crippen molar-refractivity contribution in [3.8, 4) is 11.1 Å². The summed E-state index contributed by atoms with van der Waals surface area (Å²) in [5.41, 5.74) is 1.33. The van der Waals surface area contributed by atoms with Crippen LogP contribution in [0.4, 0.5) is 4.39 Å². The van der Waals surface area contributed by atoms with Crippen molar-refractivity contribution in [1.29, 1.82) is 0 Å². The van der Waals surface area contributed by atoms with Crippen LogP contribution in [0.25, 0.3) is 11.1 Å². The smallest absolute Gasteiger partial charge is 0.159 e. The lowest BCUT2D eigenvalue weighted by Gasteiger charge is -2.04. The Labute approximate surface area is 110 Å². The van der Waals surface area contributed by atoms with Crippen LogP contribution < -0.4 is 0 Å². The van der Waals surface area contributed by atoms with Crippen molar-refractivity contribution in [3.63, 3.8) is 0 Å². The van der Waals surface area contributed by atoms with E-state index in [4.69, 9.17) is 23.2 Å². The third-order valence-corrected chi connectivity index (χ3v) is 3.02. The number of hydrogen-bond donors (Lipinski definition) is 0. The fourth-order valence-electron chi connectivity index (χ4n) is 1.22. The van der Waals surface area contributed by atoms with Gasteiger partial charge in [-0.3, -0.25) is 0 Å². The molecule has 0 bridgehead atoms. The van der Waals surface area contributed by atoms with Crippen LogP contribution in [0, 0.1) is 5.82 Å². The average Bonchev–Trinajstić information content (AvgIpc) is 2.26. The normalized spacial score (nSPS) is 10.5. The van der Waals surface area contributed by atoms with Crippen molar-refractivity contribution in [1.82, 2.24) is 10.2 Å². The summed E-state index contributed by atoms with van der Waals surface area (Å²) in [6.07, 6.45) is 0. The summed E-state index contributed by atoms with van der Waals surface area (Å²) >= 11 is 14.7. The van der Waals surface area contributed by atoms with Crippen LogP contribution in [-0.2, 0) is 0 Å². The van der Waals surface area contributed by atoms with Crippen LogP contribution in [-0.4, -0.2) is 10.2 Å². The van der Waals surface area contributed by atoms with E-state index in [9.17, 15) is 4.39 Å². The van der Waals surface area contributed by atoms with Crippen LogP contribution >= 0.6 is 39.1 Å². The minimum absolute atomic E-state index is 0.225. The molecular formula is C10H4BrCl2FN2. The van der Waals surface area contributed by atoms with Crippen LogP contribution in [0.3, 0.4) is 0 Å². The van der Waals surface area contributed by atoms with Gasteiger partial charge in [0.05, 0.1) is 4.47 Å². The van der Waals surface area contributed by atoms with Gasteiger partial charge in [0, 0.05) is 5.56 Å². The summed E-state index contributed by atoms with van der Waals surface area (Å²) in [7, 11) is 0. The molecule has 0 atom stereocenters. The first-order chi connectivity index (χ1) is 7.58. The molecule has 2 aromatic rings. The Morgan fingerprint density at radius 2 is 1.88 bits per heavy atom. The SMILES string of the molecule is Fc1ccc(-c2cc(Cl)nnc2Cl)cc1Br. The van der Waals surface area contributed by atoms with Gasteiger partial charge in [0.15, 0.2) is 10.3 Å². The average molecular weight is 322 g/mol. The minimum atomic E-state index is -0.340. The van der Waals surface area contributed by atoms with Gasteiger partial charge in [-0.05, 0) is 39.7 Å². The first kappa shape index (κ1) is 11.8. The number of rotatable bonds is 1. The molecule has 1 heterocycles. The Hall–Kier alpha value is -0.710. The Bertz CT molecular complexity index is 548. The van der Waals surface area contributed by atoms with Gasteiger partial charge in [-0.15, -0.1) is 10.2 Å². The van der Waals surface area contributed by atoms with Crippen LogP contribution in [0.2, 0.25) is 10.3 Å². The van der Waals surface area contributed by atoms with E-state index in [0.717, 1.165) is 5.56 Å². The molecule has 0 unspecified atom stereocenters. The zero-order chi connectivity index (χ0) is 11.7. The Balaban J connectivity index is 2.58. The van der Waals surface area contributed by atoms with E-state index < -0.39 is 0 Å². The van der Waals surface area contributed by atoms with Gasteiger partial charge < -0.3 is 0 Å². The zero-order valence-electron chi connectivity index (χ0n) is 7.72. The van der Waals surface area contributed by atoms with Crippen molar-refractivity contribution in [2.45, 2.75) is 0 Å². The van der Waals surface area contributed by atoms with Gasteiger partial charge in [0.2, 0.25) is 0 Å². The highest BCUT2D eigenvalue weighted by molar-refractivity contribution is 9.10. The van der Waals surface area contributed by atoms with Crippen molar-refractivity contribution in [2.24, 2.45) is 0 Å². The Morgan fingerprint density at radius 1 is 1.12 bits per heavy atom. The van der Waals surface area contributed by atoms with E-state index in [1.807, 2.05) is 0 Å². The van der Waals surface area contributed by atoms with E-state index in [2.05, 4.69) is 26.1 Å². The summed E-state index contributed by atoms with van der Waals surface area (Å²) in [4.78, 5) is 0. The molecule has 6 heteroatoms. The molecule has 82 valence electrons. The molecule has 2 nitrogen and oxygen atoms in total. The highest BCUT2D eigenvalue weighted by Crippen LogP contribution is 2.30. The predicted molar refractivity (Wildman–Crippen MR) is 65.1 cm³/mol. The lowest BCUT2D eigenvalue weighted by Crippen LogP contribution is -1.88. The van der Waals surface area contributed by atoms with Gasteiger partial charge >= 0.3 is 0 Å². The quantitative estimate of drug-likeness (QED) is 0.780. The van der Waals surface area contributed by atoms with Crippen molar-refractivity contribution in [2.75, 3.05) is 0 Å².